The third-order valence-corrected chi connectivity index (χ3v) is 5.36. The van der Waals surface area contributed by atoms with Crippen LogP contribution in [0.25, 0.3) is 0 Å². The molecule has 3 rings (SSSR count). The van der Waals surface area contributed by atoms with E-state index < -0.39 is 0 Å². The highest BCUT2D eigenvalue weighted by molar-refractivity contribution is 9.11. The quantitative estimate of drug-likeness (QED) is 0.824. The third-order valence-electron chi connectivity index (χ3n) is 4.34. The second-order valence-corrected chi connectivity index (χ2v) is 7.49. The van der Waals surface area contributed by atoms with Gasteiger partial charge < -0.3 is 10.6 Å². The molecule has 4 nitrogen and oxygen atoms in total. The SMILES string of the molecule is NC1CCN(C2CCN(c3ncc(Br)cc3Br)C2)CC1. The number of pyridine rings is 1. The molecule has 0 saturated carbocycles. The summed E-state index contributed by atoms with van der Waals surface area (Å²) < 4.78 is 2.07. The Bertz CT molecular complexity index is 474. The van der Waals surface area contributed by atoms with E-state index in [2.05, 4.69) is 52.7 Å². The average Bonchev–Trinajstić information content (AvgIpc) is 2.89. The van der Waals surface area contributed by atoms with Crippen LogP contribution >= 0.6 is 31.9 Å². The van der Waals surface area contributed by atoms with Gasteiger partial charge in [-0.15, -0.1) is 0 Å². The molecule has 20 heavy (non-hydrogen) atoms. The highest BCUT2D eigenvalue weighted by Crippen LogP contribution is 2.30. The molecule has 2 saturated heterocycles. The van der Waals surface area contributed by atoms with E-state index in [1.807, 2.05) is 6.20 Å². The third kappa shape index (κ3) is 3.18. The summed E-state index contributed by atoms with van der Waals surface area (Å²) in [5.74, 6) is 1.06. The maximum atomic E-state index is 5.99. The molecule has 1 unspecified atom stereocenters. The minimum Gasteiger partial charge on any atom is -0.354 e. The summed E-state index contributed by atoms with van der Waals surface area (Å²) in [6.45, 7) is 4.45. The zero-order valence-electron chi connectivity index (χ0n) is 11.4. The molecule has 2 aliphatic rings. The smallest absolute Gasteiger partial charge is 0.142 e. The maximum Gasteiger partial charge on any atom is 0.142 e. The molecule has 1 aromatic heterocycles. The van der Waals surface area contributed by atoms with Crippen molar-refractivity contribution < 1.29 is 0 Å². The lowest BCUT2D eigenvalue weighted by molar-refractivity contribution is 0.163. The van der Waals surface area contributed by atoms with E-state index in [0.29, 0.717) is 12.1 Å². The van der Waals surface area contributed by atoms with Crippen molar-refractivity contribution in [3.8, 4) is 0 Å². The summed E-state index contributed by atoms with van der Waals surface area (Å²) in [7, 11) is 0. The molecule has 6 heteroatoms. The Balaban J connectivity index is 1.64. The Kier molecular flexibility index (Phi) is 4.65. The molecule has 2 aliphatic heterocycles. The number of aromatic nitrogens is 1. The number of rotatable bonds is 2. The van der Waals surface area contributed by atoms with Gasteiger partial charge in [-0.3, -0.25) is 4.90 Å². The summed E-state index contributed by atoms with van der Waals surface area (Å²) in [6, 6.07) is 3.13. The van der Waals surface area contributed by atoms with Gasteiger partial charge in [0.1, 0.15) is 5.82 Å². The van der Waals surface area contributed by atoms with E-state index in [-0.39, 0.29) is 0 Å². The Labute approximate surface area is 137 Å². The van der Waals surface area contributed by atoms with Crippen LogP contribution in [0.1, 0.15) is 19.3 Å². The lowest BCUT2D eigenvalue weighted by Crippen LogP contribution is -2.46. The number of anilines is 1. The molecule has 2 N–H and O–H groups in total. The number of nitrogens with zero attached hydrogens (tertiary/aromatic N) is 3. The Hall–Kier alpha value is -0.170. The van der Waals surface area contributed by atoms with Crippen molar-refractivity contribution in [2.75, 3.05) is 31.1 Å². The minimum absolute atomic E-state index is 0.408. The molecule has 1 aromatic rings. The van der Waals surface area contributed by atoms with Crippen LogP contribution in [0.3, 0.4) is 0 Å². The monoisotopic (exact) mass is 402 g/mol. The molecule has 2 fully saturated rings. The Morgan fingerprint density at radius 3 is 2.60 bits per heavy atom. The van der Waals surface area contributed by atoms with Crippen LogP contribution in [0, 0.1) is 0 Å². The predicted octanol–water partition coefficient (Wildman–Crippen LogP) is 2.61. The average molecular weight is 404 g/mol. The standard InChI is InChI=1S/C14H20Br2N4/c15-10-7-13(16)14(18-8-10)20-6-3-12(9-20)19-4-1-11(17)2-5-19/h7-8,11-12H,1-6,9,17H2. The van der Waals surface area contributed by atoms with Gasteiger partial charge in [0.2, 0.25) is 0 Å². The molecular formula is C14H20Br2N4. The molecule has 3 heterocycles. The first kappa shape index (κ1) is 14.8. The van der Waals surface area contributed by atoms with Crippen molar-refractivity contribution in [1.82, 2.24) is 9.88 Å². The first-order valence-corrected chi connectivity index (χ1v) is 8.77. The summed E-state index contributed by atoms with van der Waals surface area (Å²) >= 11 is 7.07. The van der Waals surface area contributed by atoms with Gasteiger partial charge in [0, 0.05) is 35.8 Å². The van der Waals surface area contributed by atoms with Gasteiger partial charge in [0.15, 0.2) is 0 Å². The van der Waals surface area contributed by atoms with Crippen molar-refractivity contribution in [2.24, 2.45) is 5.73 Å². The van der Waals surface area contributed by atoms with E-state index in [1.165, 1.54) is 6.42 Å². The topological polar surface area (TPSA) is 45.4 Å². The van der Waals surface area contributed by atoms with Crippen molar-refractivity contribution in [1.29, 1.82) is 0 Å². The molecule has 0 amide bonds. The summed E-state index contributed by atoms with van der Waals surface area (Å²) in [5.41, 5.74) is 5.99. The van der Waals surface area contributed by atoms with Crippen molar-refractivity contribution in [2.45, 2.75) is 31.3 Å². The van der Waals surface area contributed by atoms with Gasteiger partial charge in [-0.25, -0.2) is 4.98 Å². The maximum absolute atomic E-state index is 5.99. The van der Waals surface area contributed by atoms with Crippen LogP contribution in [0.4, 0.5) is 5.82 Å². The lowest BCUT2D eigenvalue weighted by Gasteiger charge is -2.34. The highest BCUT2D eigenvalue weighted by atomic mass is 79.9. The van der Waals surface area contributed by atoms with Gasteiger partial charge in [0.05, 0.1) is 4.47 Å². The van der Waals surface area contributed by atoms with E-state index in [9.17, 15) is 0 Å². The predicted molar refractivity (Wildman–Crippen MR) is 89.0 cm³/mol. The molecule has 0 spiro atoms. The number of hydrogen-bond donors (Lipinski definition) is 1. The Morgan fingerprint density at radius 2 is 1.90 bits per heavy atom. The minimum atomic E-state index is 0.408. The molecule has 110 valence electrons. The normalized spacial score (nSPS) is 25.4. The van der Waals surface area contributed by atoms with Crippen LogP contribution in [0.2, 0.25) is 0 Å². The largest absolute Gasteiger partial charge is 0.354 e. The number of likely N-dealkylation sites (tertiary alicyclic amines) is 1. The van der Waals surface area contributed by atoms with Crippen molar-refractivity contribution in [3.63, 3.8) is 0 Å². The zero-order valence-corrected chi connectivity index (χ0v) is 14.6. The van der Waals surface area contributed by atoms with E-state index in [1.54, 1.807) is 0 Å². The van der Waals surface area contributed by atoms with Gasteiger partial charge >= 0.3 is 0 Å². The lowest BCUT2D eigenvalue weighted by atomic mass is 10.0. The second kappa shape index (κ2) is 6.30. The number of piperidine rings is 1. The second-order valence-electron chi connectivity index (χ2n) is 5.72. The number of hydrogen-bond acceptors (Lipinski definition) is 4. The number of halogens is 2. The molecule has 0 radical (unpaired) electrons. The first-order chi connectivity index (χ1) is 9.63. The van der Waals surface area contributed by atoms with E-state index in [0.717, 1.165) is 53.8 Å². The van der Waals surface area contributed by atoms with Crippen molar-refractivity contribution >= 4 is 37.7 Å². The molecule has 1 atom stereocenters. The summed E-state index contributed by atoms with van der Waals surface area (Å²) in [4.78, 5) is 9.54. The van der Waals surface area contributed by atoms with Crippen LogP contribution < -0.4 is 10.6 Å². The van der Waals surface area contributed by atoms with Crippen LogP contribution in [-0.4, -0.2) is 48.1 Å². The van der Waals surface area contributed by atoms with E-state index >= 15 is 0 Å². The number of nitrogens with two attached hydrogens (primary N) is 1. The summed E-state index contributed by atoms with van der Waals surface area (Å²) in [5, 5.41) is 0. The van der Waals surface area contributed by atoms with Gasteiger partial charge in [-0.05, 0) is 70.3 Å². The van der Waals surface area contributed by atoms with Crippen molar-refractivity contribution in [3.05, 3.63) is 21.2 Å². The molecule has 0 bridgehead atoms. The summed E-state index contributed by atoms with van der Waals surface area (Å²) in [6.07, 6.45) is 5.36. The van der Waals surface area contributed by atoms with E-state index in [4.69, 9.17) is 5.73 Å². The zero-order chi connectivity index (χ0) is 14.1. The fourth-order valence-corrected chi connectivity index (χ4v) is 4.40. The fourth-order valence-electron chi connectivity index (χ4n) is 3.16. The van der Waals surface area contributed by atoms with Crippen LogP contribution in [-0.2, 0) is 0 Å². The molecule has 0 aliphatic carbocycles. The molecule has 0 aromatic carbocycles. The Morgan fingerprint density at radius 1 is 1.15 bits per heavy atom. The van der Waals surface area contributed by atoms with Crippen LogP contribution in [0.15, 0.2) is 21.2 Å². The first-order valence-electron chi connectivity index (χ1n) is 7.19. The fraction of sp³-hybridized carbons (Fsp3) is 0.643. The van der Waals surface area contributed by atoms with Gasteiger partial charge in [-0.1, -0.05) is 0 Å². The van der Waals surface area contributed by atoms with Gasteiger partial charge in [0.25, 0.3) is 0 Å². The van der Waals surface area contributed by atoms with Crippen LogP contribution in [0.5, 0.6) is 0 Å². The molecular weight excluding hydrogens is 384 g/mol. The highest BCUT2D eigenvalue weighted by Gasteiger charge is 2.31. The van der Waals surface area contributed by atoms with Gasteiger partial charge in [-0.2, -0.15) is 0 Å².